The second-order valence-corrected chi connectivity index (χ2v) is 4.68. The Balaban J connectivity index is 1.83. The third-order valence-electron chi connectivity index (χ3n) is 3.73. The summed E-state index contributed by atoms with van der Waals surface area (Å²) in [6.07, 6.45) is 2.75. The van der Waals surface area contributed by atoms with Gasteiger partial charge in [-0.1, -0.05) is 0 Å². The number of hydrogen-bond acceptors (Lipinski definition) is 3. The van der Waals surface area contributed by atoms with Crippen molar-refractivity contribution in [2.24, 2.45) is 5.92 Å². The van der Waals surface area contributed by atoms with Crippen molar-refractivity contribution in [3.63, 3.8) is 0 Å². The van der Waals surface area contributed by atoms with Gasteiger partial charge >= 0.3 is 0 Å². The van der Waals surface area contributed by atoms with Crippen LogP contribution in [0, 0.1) is 5.92 Å². The normalized spacial score (nSPS) is 39.4. The fraction of sp³-hybridized carbons (Fsp3) is 1.00. The average Bonchev–Trinajstić information content (AvgIpc) is 2.77. The molecule has 2 fully saturated rings. The molecule has 14 heavy (non-hydrogen) atoms. The number of ether oxygens (including phenoxy) is 1. The molecule has 0 bridgehead atoms. The third-order valence-corrected chi connectivity index (χ3v) is 3.73. The van der Waals surface area contributed by atoms with E-state index in [4.69, 9.17) is 4.74 Å². The van der Waals surface area contributed by atoms with Gasteiger partial charge in [0.15, 0.2) is 0 Å². The highest BCUT2D eigenvalue weighted by Crippen LogP contribution is 2.21. The van der Waals surface area contributed by atoms with Gasteiger partial charge in [-0.05, 0) is 33.4 Å². The Bertz CT molecular complexity index is 186. The molecule has 0 aromatic carbocycles. The quantitative estimate of drug-likeness (QED) is 0.722. The smallest absolute Gasteiger partial charge is 0.0623 e. The van der Waals surface area contributed by atoms with E-state index in [2.05, 4.69) is 17.1 Å². The van der Waals surface area contributed by atoms with Crippen LogP contribution in [0.1, 0.15) is 19.8 Å². The van der Waals surface area contributed by atoms with Gasteiger partial charge in [-0.15, -0.1) is 0 Å². The molecule has 2 saturated heterocycles. The largest absolute Gasteiger partial charge is 0.379 e. The molecular weight excluding hydrogens is 176 g/mol. The van der Waals surface area contributed by atoms with Gasteiger partial charge in [-0.25, -0.2) is 0 Å². The lowest BCUT2D eigenvalue weighted by Gasteiger charge is -2.26. The summed E-state index contributed by atoms with van der Waals surface area (Å²) in [7, 11) is 2.04. The standard InChI is InChI=1S/C11H22N2O/c1-9-4-3-5-13(9)6-10-7-14-8-11(10)12-2/h9-12H,3-8H2,1-2H3. The Labute approximate surface area is 86.8 Å². The minimum Gasteiger partial charge on any atom is -0.379 e. The van der Waals surface area contributed by atoms with Crippen LogP contribution in [-0.4, -0.2) is 50.3 Å². The minimum absolute atomic E-state index is 0.572. The van der Waals surface area contributed by atoms with E-state index in [1.165, 1.54) is 25.9 Å². The molecule has 0 radical (unpaired) electrons. The summed E-state index contributed by atoms with van der Waals surface area (Å²) in [6.45, 7) is 6.68. The van der Waals surface area contributed by atoms with Crippen molar-refractivity contribution < 1.29 is 4.74 Å². The summed E-state index contributed by atoms with van der Waals surface area (Å²) in [5.74, 6) is 0.695. The van der Waals surface area contributed by atoms with Gasteiger partial charge in [0.1, 0.15) is 0 Å². The number of likely N-dealkylation sites (N-methyl/N-ethyl adjacent to an activating group) is 1. The molecule has 0 aromatic rings. The summed E-state index contributed by atoms with van der Waals surface area (Å²) in [6, 6.07) is 1.36. The molecule has 0 aliphatic carbocycles. The van der Waals surface area contributed by atoms with Crippen LogP contribution in [0.4, 0.5) is 0 Å². The van der Waals surface area contributed by atoms with E-state index in [1.54, 1.807) is 0 Å². The summed E-state index contributed by atoms with van der Waals surface area (Å²) >= 11 is 0. The van der Waals surface area contributed by atoms with Gasteiger partial charge in [0.2, 0.25) is 0 Å². The monoisotopic (exact) mass is 198 g/mol. The maximum atomic E-state index is 5.52. The van der Waals surface area contributed by atoms with E-state index in [0.29, 0.717) is 12.0 Å². The number of nitrogens with zero attached hydrogens (tertiary/aromatic N) is 1. The van der Waals surface area contributed by atoms with Crippen molar-refractivity contribution >= 4 is 0 Å². The molecule has 2 aliphatic rings. The van der Waals surface area contributed by atoms with Crippen LogP contribution in [0.15, 0.2) is 0 Å². The molecule has 0 spiro atoms. The minimum atomic E-state index is 0.572. The predicted octanol–water partition coefficient (Wildman–Crippen LogP) is 0.705. The van der Waals surface area contributed by atoms with Crippen LogP contribution in [-0.2, 0) is 4.74 Å². The topological polar surface area (TPSA) is 24.5 Å². The number of likely N-dealkylation sites (tertiary alicyclic amines) is 1. The van der Waals surface area contributed by atoms with Crippen molar-refractivity contribution in [2.75, 3.05) is 33.4 Å². The lowest BCUT2D eigenvalue weighted by Crippen LogP contribution is -2.41. The highest BCUT2D eigenvalue weighted by molar-refractivity contribution is 4.85. The van der Waals surface area contributed by atoms with Gasteiger partial charge in [-0.2, -0.15) is 0 Å². The van der Waals surface area contributed by atoms with Crippen LogP contribution in [0.5, 0.6) is 0 Å². The Morgan fingerprint density at radius 2 is 2.29 bits per heavy atom. The van der Waals surface area contributed by atoms with E-state index in [0.717, 1.165) is 19.3 Å². The highest BCUT2D eigenvalue weighted by atomic mass is 16.5. The molecular formula is C11H22N2O. The van der Waals surface area contributed by atoms with Crippen LogP contribution in [0.3, 0.4) is 0 Å². The second kappa shape index (κ2) is 4.60. The van der Waals surface area contributed by atoms with Crippen LogP contribution in [0.25, 0.3) is 0 Å². The molecule has 3 nitrogen and oxygen atoms in total. The van der Waals surface area contributed by atoms with E-state index in [-0.39, 0.29) is 0 Å². The fourth-order valence-corrected chi connectivity index (χ4v) is 2.66. The maximum absolute atomic E-state index is 5.52. The fourth-order valence-electron chi connectivity index (χ4n) is 2.66. The zero-order chi connectivity index (χ0) is 9.97. The van der Waals surface area contributed by atoms with Crippen molar-refractivity contribution in [1.29, 1.82) is 0 Å². The van der Waals surface area contributed by atoms with Gasteiger partial charge in [0.05, 0.1) is 13.2 Å². The lowest BCUT2D eigenvalue weighted by molar-refractivity contribution is 0.165. The van der Waals surface area contributed by atoms with Gasteiger partial charge in [-0.3, -0.25) is 0 Å². The maximum Gasteiger partial charge on any atom is 0.0623 e. The van der Waals surface area contributed by atoms with Crippen LogP contribution in [0.2, 0.25) is 0 Å². The van der Waals surface area contributed by atoms with E-state index < -0.39 is 0 Å². The van der Waals surface area contributed by atoms with Crippen LogP contribution >= 0.6 is 0 Å². The summed E-state index contributed by atoms with van der Waals surface area (Å²) in [5.41, 5.74) is 0. The summed E-state index contributed by atoms with van der Waals surface area (Å²) < 4.78 is 5.52. The molecule has 0 amide bonds. The molecule has 0 saturated carbocycles. The molecule has 82 valence electrons. The Kier molecular flexibility index (Phi) is 3.42. The number of nitrogens with one attached hydrogen (secondary N) is 1. The van der Waals surface area contributed by atoms with Crippen LogP contribution < -0.4 is 5.32 Å². The SMILES string of the molecule is CNC1COCC1CN1CCCC1C. The first kappa shape index (κ1) is 10.4. The van der Waals surface area contributed by atoms with Crippen molar-refractivity contribution in [3.8, 4) is 0 Å². The highest BCUT2D eigenvalue weighted by Gasteiger charge is 2.31. The number of rotatable bonds is 3. The molecule has 2 heterocycles. The molecule has 3 unspecified atom stereocenters. The molecule has 2 aliphatic heterocycles. The molecule has 2 rings (SSSR count). The zero-order valence-electron chi connectivity index (χ0n) is 9.33. The van der Waals surface area contributed by atoms with Gasteiger partial charge < -0.3 is 15.0 Å². The van der Waals surface area contributed by atoms with Crippen molar-refractivity contribution in [2.45, 2.75) is 31.8 Å². The summed E-state index contributed by atoms with van der Waals surface area (Å²) in [4.78, 5) is 2.61. The molecule has 1 N–H and O–H groups in total. The first-order valence-corrected chi connectivity index (χ1v) is 5.80. The van der Waals surface area contributed by atoms with E-state index in [9.17, 15) is 0 Å². The second-order valence-electron chi connectivity index (χ2n) is 4.68. The Hall–Kier alpha value is -0.120. The van der Waals surface area contributed by atoms with Gasteiger partial charge in [0, 0.05) is 24.5 Å². The van der Waals surface area contributed by atoms with Crippen molar-refractivity contribution in [1.82, 2.24) is 10.2 Å². The number of hydrogen-bond donors (Lipinski definition) is 1. The Morgan fingerprint density at radius 1 is 1.43 bits per heavy atom. The molecule has 0 aromatic heterocycles. The first-order chi connectivity index (χ1) is 6.81. The van der Waals surface area contributed by atoms with Crippen molar-refractivity contribution in [3.05, 3.63) is 0 Å². The Morgan fingerprint density at radius 3 is 2.93 bits per heavy atom. The molecule has 3 heteroatoms. The first-order valence-electron chi connectivity index (χ1n) is 5.80. The molecule has 3 atom stereocenters. The van der Waals surface area contributed by atoms with E-state index in [1.807, 2.05) is 7.05 Å². The average molecular weight is 198 g/mol. The predicted molar refractivity (Wildman–Crippen MR) is 57.4 cm³/mol. The van der Waals surface area contributed by atoms with Gasteiger partial charge in [0.25, 0.3) is 0 Å². The lowest BCUT2D eigenvalue weighted by atomic mass is 10.0. The zero-order valence-corrected chi connectivity index (χ0v) is 9.33. The third kappa shape index (κ3) is 2.10. The van der Waals surface area contributed by atoms with E-state index >= 15 is 0 Å². The summed E-state index contributed by atoms with van der Waals surface area (Å²) in [5, 5.41) is 3.35.